The average molecular weight is 461 g/mol. The Morgan fingerprint density at radius 3 is 2.56 bits per heavy atom. The lowest BCUT2D eigenvalue weighted by molar-refractivity contribution is -0.138. The van der Waals surface area contributed by atoms with Crippen LogP contribution in [0.25, 0.3) is 0 Å². The third kappa shape index (κ3) is 5.42. The Morgan fingerprint density at radius 2 is 1.88 bits per heavy atom. The van der Waals surface area contributed by atoms with Gasteiger partial charge in [0.25, 0.3) is 11.8 Å². The van der Waals surface area contributed by atoms with Gasteiger partial charge in [-0.3, -0.25) is 19.8 Å². The second kappa shape index (κ2) is 9.78. The number of hydrogen-bond acceptors (Lipinski definition) is 4. The van der Waals surface area contributed by atoms with Gasteiger partial charge < -0.3 is 10.6 Å². The molecular weight excluding hydrogens is 439 g/mol. The number of benzene rings is 2. The number of carbonyl (C=O) groups is 4. The molecule has 10 heteroatoms. The maximum Gasteiger partial charge on any atom is 0.344 e. The van der Waals surface area contributed by atoms with Crippen molar-refractivity contribution in [3.8, 4) is 0 Å². The van der Waals surface area contributed by atoms with E-state index in [2.05, 4.69) is 16.1 Å². The summed E-state index contributed by atoms with van der Waals surface area (Å²) in [4.78, 5) is 49.3. The minimum absolute atomic E-state index is 0.0546. The Bertz CT molecular complexity index is 1050. The Hall–Kier alpha value is -3.46. The summed E-state index contributed by atoms with van der Waals surface area (Å²) in [6.45, 7) is 1.53. The number of carbonyl (C=O) groups excluding carboxylic acids is 4. The van der Waals surface area contributed by atoms with Crippen LogP contribution in [0.4, 0.5) is 9.18 Å². The summed E-state index contributed by atoms with van der Waals surface area (Å²) in [6.07, 6.45) is 0.744. The first-order valence-electron chi connectivity index (χ1n) is 9.93. The van der Waals surface area contributed by atoms with Crippen LogP contribution in [0.2, 0.25) is 5.02 Å². The van der Waals surface area contributed by atoms with Crippen molar-refractivity contribution < 1.29 is 23.6 Å². The Morgan fingerprint density at radius 1 is 1.16 bits per heavy atom. The van der Waals surface area contributed by atoms with E-state index in [-0.39, 0.29) is 23.6 Å². The standard InChI is InChI=1S/C22H22ClFN4O4/c1-22(11-9-14-5-3-2-4-6-14)20(31)28(21(32)26-22)27-18(29)10-12-25-19(30)16-8-7-15(24)13-17(16)23/h2-8,13H,9-12H2,1H3,(H,25,30)(H,26,32)(H,27,29). The zero-order valence-corrected chi connectivity index (χ0v) is 18.0. The highest BCUT2D eigenvalue weighted by Crippen LogP contribution is 2.22. The van der Waals surface area contributed by atoms with Gasteiger partial charge in [-0.2, -0.15) is 5.01 Å². The van der Waals surface area contributed by atoms with Crippen molar-refractivity contribution in [3.63, 3.8) is 0 Å². The summed E-state index contributed by atoms with van der Waals surface area (Å²) in [5.41, 5.74) is 2.21. The van der Waals surface area contributed by atoms with Crippen LogP contribution in [0, 0.1) is 5.82 Å². The van der Waals surface area contributed by atoms with Gasteiger partial charge in [-0.25, -0.2) is 9.18 Å². The highest BCUT2D eigenvalue weighted by Gasteiger charge is 2.48. The van der Waals surface area contributed by atoms with E-state index >= 15 is 0 Å². The number of urea groups is 1. The molecule has 0 bridgehead atoms. The largest absolute Gasteiger partial charge is 0.351 e. The molecule has 1 saturated heterocycles. The van der Waals surface area contributed by atoms with Gasteiger partial charge in [0.15, 0.2) is 0 Å². The molecule has 168 valence electrons. The van der Waals surface area contributed by atoms with Crippen LogP contribution in [0.3, 0.4) is 0 Å². The van der Waals surface area contributed by atoms with E-state index in [1.54, 1.807) is 6.92 Å². The molecule has 2 aromatic carbocycles. The molecule has 1 atom stereocenters. The molecule has 0 spiro atoms. The molecule has 0 aliphatic carbocycles. The SMILES string of the molecule is CC1(CCc2ccccc2)NC(=O)N(NC(=O)CCNC(=O)c2ccc(F)cc2Cl)C1=O. The first-order valence-corrected chi connectivity index (χ1v) is 10.3. The van der Waals surface area contributed by atoms with Gasteiger partial charge in [0, 0.05) is 13.0 Å². The topological polar surface area (TPSA) is 108 Å². The summed E-state index contributed by atoms with van der Waals surface area (Å²) < 4.78 is 13.1. The molecule has 1 heterocycles. The van der Waals surface area contributed by atoms with Crippen LogP contribution in [0.5, 0.6) is 0 Å². The van der Waals surface area contributed by atoms with Crippen LogP contribution >= 0.6 is 11.6 Å². The van der Waals surface area contributed by atoms with Crippen molar-refractivity contribution in [3.05, 3.63) is 70.5 Å². The monoisotopic (exact) mass is 460 g/mol. The molecule has 32 heavy (non-hydrogen) atoms. The predicted octanol–water partition coefficient (Wildman–Crippen LogP) is 2.57. The van der Waals surface area contributed by atoms with Gasteiger partial charge in [-0.05, 0) is 43.5 Å². The number of rotatable bonds is 8. The van der Waals surface area contributed by atoms with Crippen molar-refractivity contribution >= 4 is 35.4 Å². The molecule has 3 rings (SSSR count). The molecule has 8 nitrogen and oxygen atoms in total. The summed E-state index contributed by atoms with van der Waals surface area (Å²) in [5, 5.41) is 5.71. The fourth-order valence-corrected chi connectivity index (χ4v) is 3.49. The molecule has 1 aliphatic heterocycles. The van der Waals surface area contributed by atoms with Gasteiger partial charge in [-0.1, -0.05) is 41.9 Å². The number of halogens is 2. The number of nitrogens with one attached hydrogen (secondary N) is 3. The number of imide groups is 1. The predicted molar refractivity (Wildman–Crippen MR) is 115 cm³/mol. The van der Waals surface area contributed by atoms with E-state index < -0.39 is 35.1 Å². The third-order valence-electron chi connectivity index (χ3n) is 5.07. The van der Waals surface area contributed by atoms with Crippen molar-refractivity contribution in [1.82, 2.24) is 21.1 Å². The summed E-state index contributed by atoms with van der Waals surface area (Å²) in [6, 6.07) is 12.1. The van der Waals surface area contributed by atoms with E-state index in [0.717, 1.165) is 17.7 Å². The zero-order chi connectivity index (χ0) is 23.3. The number of amides is 5. The molecule has 0 radical (unpaired) electrons. The Kier molecular flexibility index (Phi) is 7.09. The lowest BCUT2D eigenvalue weighted by Gasteiger charge is -2.21. The van der Waals surface area contributed by atoms with E-state index in [9.17, 15) is 23.6 Å². The van der Waals surface area contributed by atoms with Crippen LogP contribution in [-0.2, 0) is 16.0 Å². The van der Waals surface area contributed by atoms with Gasteiger partial charge in [0.05, 0.1) is 10.6 Å². The molecule has 3 N–H and O–H groups in total. The fraction of sp³-hybridized carbons (Fsp3) is 0.273. The van der Waals surface area contributed by atoms with E-state index in [1.807, 2.05) is 30.3 Å². The van der Waals surface area contributed by atoms with Gasteiger partial charge in [0.2, 0.25) is 5.91 Å². The average Bonchev–Trinajstić information content (AvgIpc) is 2.96. The van der Waals surface area contributed by atoms with Crippen LogP contribution in [0.15, 0.2) is 48.5 Å². The first-order chi connectivity index (χ1) is 15.2. The van der Waals surface area contributed by atoms with Gasteiger partial charge >= 0.3 is 6.03 Å². The number of hydrazine groups is 1. The number of hydrogen-bond donors (Lipinski definition) is 3. The molecule has 0 aromatic heterocycles. The first kappa shape index (κ1) is 23.2. The summed E-state index contributed by atoms with van der Waals surface area (Å²) in [5.74, 6) is -2.35. The molecule has 2 aromatic rings. The van der Waals surface area contributed by atoms with Crippen molar-refractivity contribution in [2.45, 2.75) is 31.7 Å². The minimum Gasteiger partial charge on any atom is -0.351 e. The zero-order valence-electron chi connectivity index (χ0n) is 17.3. The van der Waals surface area contributed by atoms with E-state index in [4.69, 9.17) is 11.6 Å². The number of aryl methyl sites for hydroxylation is 1. The molecule has 5 amide bonds. The lowest BCUT2D eigenvalue weighted by Crippen LogP contribution is -2.49. The highest BCUT2D eigenvalue weighted by molar-refractivity contribution is 6.33. The minimum atomic E-state index is -1.15. The second-order valence-corrected chi connectivity index (χ2v) is 7.96. The van der Waals surface area contributed by atoms with Crippen LogP contribution < -0.4 is 16.1 Å². The Balaban J connectivity index is 1.49. The normalized spacial score (nSPS) is 17.8. The van der Waals surface area contributed by atoms with Gasteiger partial charge in [0.1, 0.15) is 11.4 Å². The van der Waals surface area contributed by atoms with Crippen molar-refractivity contribution in [2.24, 2.45) is 0 Å². The molecule has 1 fully saturated rings. The van der Waals surface area contributed by atoms with Crippen LogP contribution in [-0.4, -0.2) is 40.8 Å². The fourth-order valence-electron chi connectivity index (χ4n) is 3.23. The Labute approximate surface area is 189 Å². The highest BCUT2D eigenvalue weighted by atomic mass is 35.5. The maximum absolute atomic E-state index is 13.1. The third-order valence-corrected chi connectivity index (χ3v) is 5.38. The molecule has 0 saturated carbocycles. The van der Waals surface area contributed by atoms with Crippen molar-refractivity contribution in [1.29, 1.82) is 0 Å². The molecular formula is C22H22ClFN4O4. The summed E-state index contributed by atoms with van der Waals surface area (Å²) >= 11 is 5.83. The van der Waals surface area contributed by atoms with E-state index in [1.165, 1.54) is 6.07 Å². The van der Waals surface area contributed by atoms with Gasteiger partial charge in [-0.15, -0.1) is 0 Å². The van der Waals surface area contributed by atoms with E-state index in [0.29, 0.717) is 17.9 Å². The maximum atomic E-state index is 13.1. The summed E-state index contributed by atoms with van der Waals surface area (Å²) in [7, 11) is 0. The molecule has 1 unspecified atom stereocenters. The number of nitrogens with zero attached hydrogens (tertiary/aromatic N) is 1. The second-order valence-electron chi connectivity index (χ2n) is 7.55. The smallest absolute Gasteiger partial charge is 0.344 e. The molecule has 1 aliphatic rings. The van der Waals surface area contributed by atoms with Crippen LogP contribution in [0.1, 0.15) is 35.7 Å². The quantitative estimate of drug-likeness (QED) is 0.526. The lowest BCUT2D eigenvalue weighted by atomic mass is 9.93. The van der Waals surface area contributed by atoms with Crippen molar-refractivity contribution in [2.75, 3.05) is 6.54 Å².